The molecular weight excluding hydrogens is 424 g/mol. The van der Waals surface area contributed by atoms with Gasteiger partial charge in [-0.3, -0.25) is 4.79 Å². The summed E-state index contributed by atoms with van der Waals surface area (Å²) in [5, 5.41) is 3.07. The summed E-state index contributed by atoms with van der Waals surface area (Å²) in [5.41, 5.74) is 3.47. The maximum Gasteiger partial charge on any atom is 0.251 e. The number of hydrogen-bond donors (Lipinski definition) is 2. The molecule has 3 aromatic rings. The monoisotopic (exact) mass is 450 g/mol. The van der Waals surface area contributed by atoms with Gasteiger partial charge in [-0.05, 0) is 54.2 Å². The van der Waals surface area contributed by atoms with Gasteiger partial charge in [0.1, 0.15) is 10.6 Å². The van der Waals surface area contributed by atoms with Gasteiger partial charge in [0.25, 0.3) is 5.91 Å². The minimum atomic E-state index is -3.89. The van der Waals surface area contributed by atoms with Crippen molar-refractivity contribution in [1.29, 1.82) is 0 Å². The van der Waals surface area contributed by atoms with Crippen molar-refractivity contribution in [3.63, 3.8) is 0 Å². The van der Waals surface area contributed by atoms with Crippen molar-refractivity contribution in [3.8, 4) is 5.75 Å². The smallest absolute Gasteiger partial charge is 0.251 e. The first-order valence-electron chi connectivity index (χ1n) is 10.6. The van der Waals surface area contributed by atoms with E-state index in [4.69, 9.17) is 4.74 Å². The molecule has 1 aliphatic rings. The summed E-state index contributed by atoms with van der Waals surface area (Å²) in [7, 11) is -2.49. The van der Waals surface area contributed by atoms with Crippen LogP contribution in [0.5, 0.6) is 5.75 Å². The third-order valence-corrected chi connectivity index (χ3v) is 7.12. The van der Waals surface area contributed by atoms with Crippen LogP contribution in [0.3, 0.4) is 0 Å². The van der Waals surface area contributed by atoms with Crippen molar-refractivity contribution >= 4 is 15.9 Å². The van der Waals surface area contributed by atoms with Crippen LogP contribution in [0.4, 0.5) is 0 Å². The van der Waals surface area contributed by atoms with Gasteiger partial charge in [-0.15, -0.1) is 0 Å². The Bertz CT molecular complexity index is 1210. The topological polar surface area (TPSA) is 84.5 Å². The minimum absolute atomic E-state index is 0.0624. The number of carbonyl (C=O) groups excluding carboxylic acids is 1. The van der Waals surface area contributed by atoms with E-state index in [-0.39, 0.29) is 34.7 Å². The van der Waals surface area contributed by atoms with Gasteiger partial charge in [-0.25, -0.2) is 13.1 Å². The van der Waals surface area contributed by atoms with Gasteiger partial charge in [0.15, 0.2) is 0 Å². The molecule has 4 rings (SSSR count). The normalized spacial score (nSPS) is 15.6. The average molecular weight is 451 g/mol. The van der Waals surface area contributed by atoms with Crippen molar-refractivity contribution < 1.29 is 17.9 Å². The molecule has 166 valence electrons. The number of nitrogens with one attached hydrogen (secondary N) is 2. The second-order valence-electron chi connectivity index (χ2n) is 7.79. The van der Waals surface area contributed by atoms with Crippen LogP contribution >= 0.6 is 0 Å². The lowest BCUT2D eigenvalue weighted by atomic mass is 9.87. The Labute approximate surface area is 188 Å². The Kier molecular flexibility index (Phi) is 6.58. The Hall–Kier alpha value is -3.16. The fourth-order valence-electron chi connectivity index (χ4n) is 4.03. The summed E-state index contributed by atoms with van der Waals surface area (Å²) in [6.07, 6.45) is 2.84. The molecule has 3 aromatic carbocycles. The second-order valence-corrected chi connectivity index (χ2v) is 9.53. The summed E-state index contributed by atoms with van der Waals surface area (Å²) >= 11 is 0. The molecule has 0 fully saturated rings. The SMILES string of the molecule is COc1ccc(C(=O)N[C@@H]2CCCc3ccccc32)cc1S(=O)(=O)NCc1ccccc1. The number of benzene rings is 3. The van der Waals surface area contributed by atoms with E-state index in [0.717, 1.165) is 30.4 Å². The second kappa shape index (κ2) is 9.54. The molecule has 0 saturated carbocycles. The van der Waals surface area contributed by atoms with E-state index < -0.39 is 10.0 Å². The highest BCUT2D eigenvalue weighted by molar-refractivity contribution is 7.89. The Morgan fingerprint density at radius 3 is 2.56 bits per heavy atom. The van der Waals surface area contributed by atoms with Gasteiger partial charge in [0, 0.05) is 12.1 Å². The van der Waals surface area contributed by atoms with Gasteiger partial charge < -0.3 is 10.1 Å². The molecular formula is C25H26N2O4S. The van der Waals surface area contributed by atoms with Crippen LogP contribution in [0, 0.1) is 0 Å². The molecule has 7 heteroatoms. The van der Waals surface area contributed by atoms with E-state index in [9.17, 15) is 13.2 Å². The van der Waals surface area contributed by atoms with Crippen LogP contribution in [0.2, 0.25) is 0 Å². The zero-order chi connectivity index (χ0) is 22.6. The van der Waals surface area contributed by atoms with E-state index in [1.54, 1.807) is 6.07 Å². The summed E-state index contributed by atoms with van der Waals surface area (Å²) in [6, 6.07) is 21.7. The van der Waals surface area contributed by atoms with Crippen molar-refractivity contribution in [2.24, 2.45) is 0 Å². The first kappa shape index (κ1) is 22.0. The van der Waals surface area contributed by atoms with Crippen LogP contribution in [-0.2, 0) is 23.0 Å². The van der Waals surface area contributed by atoms with Crippen molar-refractivity contribution in [2.75, 3.05) is 7.11 Å². The summed E-state index contributed by atoms with van der Waals surface area (Å²) in [5.74, 6) is -0.126. The third-order valence-electron chi connectivity index (χ3n) is 5.70. The molecule has 0 heterocycles. The van der Waals surface area contributed by atoms with Crippen LogP contribution < -0.4 is 14.8 Å². The van der Waals surface area contributed by atoms with Crippen LogP contribution in [0.15, 0.2) is 77.7 Å². The number of aryl methyl sites for hydroxylation is 1. The lowest BCUT2D eigenvalue weighted by Crippen LogP contribution is -2.31. The van der Waals surface area contributed by atoms with Crippen molar-refractivity contribution in [1.82, 2.24) is 10.0 Å². The zero-order valence-electron chi connectivity index (χ0n) is 17.9. The Morgan fingerprint density at radius 2 is 1.78 bits per heavy atom. The lowest BCUT2D eigenvalue weighted by Gasteiger charge is -2.26. The quantitative estimate of drug-likeness (QED) is 0.570. The Balaban J connectivity index is 1.56. The van der Waals surface area contributed by atoms with E-state index >= 15 is 0 Å². The summed E-state index contributed by atoms with van der Waals surface area (Å²) < 4.78 is 33.8. The molecule has 0 radical (unpaired) electrons. The van der Waals surface area contributed by atoms with Gasteiger partial charge in [-0.1, -0.05) is 54.6 Å². The Morgan fingerprint density at radius 1 is 1.03 bits per heavy atom. The highest BCUT2D eigenvalue weighted by Crippen LogP contribution is 2.30. The first-order valence-corrected chi connectivity index (χ1v) is 12.1. The van der Waals surface area contributed by atoms with Gasteiger partial charge in [0.2, 0.25) is 10.0 Å². The highest BCUT2D eigenvalue weighted by atomic mass is 32.2. The molecule has 0 unspecified atom stereocenters. The predicted molar refractivity (Wildman–Crippen MR) is 123 cm³/mol. The van der Waals surface area contributed by atoms with E-state index in [0.29, 0.717) is 0 Å². The molecule has 0 bridgehead atoms. The van der Waals surface area contributed by atoms with Crippen molar-refractivity contribution in [2.45, 2.75) is 36.7 Å². The number of hydrogen-bond acceptors (Lipinski definition) is 4. The van der Waals surface area contributed by atoms with Gasteiger partial charge in [-0.2, -0.15) is 0 Å². The number of amides is 1. The largest absolute Gasteiger partial charge is 0.495 e. The molecule has 0 saturated heterocycles. The summed E-state index contributed by atoms with van der Waals surface area (Å²) in [4.78, 5) is 13.0. The molecule has 0 aromatic heterocycles. The van der Waals surface area contributed by atoms with E-state index in [1.807, 2.05) is 48.5 Å². The number of methoxy groups -OCH3 is 1. The first-order chi connectivity index (χ1) is 15.5. The van der Waals surface area contributed by atoms with E-state index in [2.05, 4.69) is 16.1 Å². The van der Waals surface area contributed by atoms with Crippen LogP contribution in [0.25, 0.3) is 0 Å². The van der Waals surface area contributed by atoms with Crippen molar-refractivity contribution in [3.05, 3.63) is 95.1 Å². The fourth-order valence-corrected chi connectivity index (χ4v) is 5.24. The zero-order valence-corrected chi connectivity index (χ0v) is 18.7. The molecule has 0 aliphatic heterocycles. The molecule has 1 aliphatic carbocycles. The number of fused-ring (bicyclic) bond motifs is 1. The summed E-state index contributed by atoms with van der Waals surface area (Å²) in [6.45, 7) is 0.140. The number of sulfonamides is 1. The molecule has 0 spiro atoms. The number of ether oxygens (including phenoxy) is 1. The lowest BCUT2D eigenvalue weighted by molar-refractivity contribution is 0.0932. The van der Waals surface area contributed by atoms with Crippen LogP contribution in [0.1, 0.15) is 45.9 Å². The van der Waals surface area contributed by atoms with Gasteiger partial charge in [0.05, 0.1) is 13.2 Å². The minimum Gasteiger partial charge on any atom is -0.495 e. The molecule has 6 nitrogen and oxygen atoms in total. The standard InChI is InChI=1S/C25H26N2O4S/c1-31-23-15-14-20(16-24(23)32(29,30)26-17-18-8-3-2-4-9-18)25(28)27-22-13-7-11-19-10-5-6-12-21(19)22/h2-6,8-10,12,14-16,22,26H,7,11,13,17H2,1H3,(H,27,28)/t22-/m1/s1. The molecule has 1 atom stereocenters. The predicted octanol–water partition coefficient (Wildman–Crippen LogP) is 3.98. The number of carbonyl (C=O) groups is 1. The number of rotatable bonds is 7. The maximum atomic E-state index is 13.0. The maximum absolute atomic E-state index is 13.0. The van der Waals surface area contributed by atoms with Gasteiger partial charge >= 0.3 is 0 Å². The van der Waals surface area contributed by atoms with E-state index in [1.165, 1.54) is 24.8 Å². The van der Waals surface area contributed by atoms with Crippen LogP contribution in [-0.4, -0.2) is 21.4 Å². The molecule has 1 amide bonds. The average Bonchev–Trinajstić information content (AvgIpc) is 2.83. The molecule has 2 N–H and O–H groups in total. The fraction of sp³-hybridized carbons (Fsp3) is 0.240. The highest BCUT2D eigenvalue weighted by Gasteiger charge is 2.25. The molecule has 32 heavy (non-hydrogen) atoms. The third kappa shape index (κ3) is 4.84.